The zero-order valence-corrected chi connectivity index (χ0v) is 36.5. The highest BCUT2D eigenvalue weighted by molar-refractivity contribution is 8.00. The zero-order chi connectivity index (χ0) is 42.7. The van der Waals surface area contributed by atoms with Crippen molar-refractivity contribution in [2.45, 2.75) is 94.2 Å². The van der Waals surface area contributed by atoms with Crippen LogP contribution in [0.1, 0.15) is 39.8 Å². The van der Waals surface area contributed by atoms with Crippen molar-refractivity contribution in [1.82, 2.24) is 0 Å². The van der Waals surface area contributed by atoms with Gasteiger partial charge in [0, 0.05) is 0 Å². The van der Waals surface area contributed by atoms with E-state index in [-0.39, 0.29) is 18.0 Å². The predicted molar refractivity (Wildman–Crippen MR) is 247 cm³/mol. The molecule has 2 heterocycles. The van der Waals surface area contributed by atoms with Crippen molar-refractivity contribution < 1.29 is 37.9 Å². The first kappa shape index (κ1) is 44.9. The van der Waals surface area contributed by atoms with Crippen LogP contribution >= 0.6 is 11.8 Å². The first-order chi connectivity index (χ1) is 31.2. The molecule has 2 aliphatic rings. The van der Waals surface area contributed by atoms with Crippen LogP contribution in [0.2, 0.25) is 0 Å². The minimum absolute atomic E-state index is 0.0508. The molecule has 63 heavy (non-hydrogen) atoms. The summed E-state index contributed by atoms with van der Waals surface area (Å²) in [6, 6.07) is 61.3. The molecule has 8 rings (SSSR count). The predicted octanol–water partition coefficient (Wildman–Crippen LogP) is 10.4. The van der Waals surface area contributed by atoms with Gasteiger partial charge in [0.25, 0.3) is 0 Å². The molecule has 8 atom stereocenters. The van der Waals surface area contributed by atoms with E-state index >= 15 is 0 Å². The second-order valence-electron chi connectivity index (χ2n) is 16.0. The number of hydrogen-bond acceptors (Lipinski definition) is 9. The number of rotatable bonds is 22. The van der Waals surface area contributed by atoms with Crippen LogP contribution in [0.15, 0.2) is 182 Å². The molecule has 0 spiro atoms. The van der Waals surface area contributed by atoms with Gasteiger partial charge in [-0.25, -0.2) is 0 Å². The molecule has 2 fully saturated rings. The van der Waals surface area contributed by atoms with Crippen LogP contribution in [0, 0.1) is 0 Å². The Morgan fingerprint density at radius 3 is 1.24 bits per heavy atom. The molecule has 6 aromatic rings. The number of benzene rings is 6. The zero-order valence-electron chi connectivity index (χ0n) is 35.7. The molecule has 0 N–H and O–H groups in total. The van der Waals surface area contributed by atoms with Gasteiger partial charge in [0.05, 0.1) is 64.2 Å². The van der Waals surface area contributed by atoms with E-state index < -0.39 is 36.8 Å². The molecule has 2 saturated heterocycles. The van der Waals surface area contributed by atoms with E-state index in [0.29, 0.717) is 46.2 Å². The Balaban J connectivity index is 1.12. The molecule has 6 aromatic carbocycles. The maximum absolute atomic E-state index is 7.37. The normalized spacial score (nSPS) is 23.6. The average molecular weight is 867 g/mol. The Hall–Kier alpha value is -4.65. The van der Waals surface area contributed by atoms with Crippen molar-refractivity contribution in [2.75, 3.05) is 19.0 Å². The molecule has 0 aliphatic carbocycles. The molecule has 0 aromatic heterocycles. The molecule has 8 nitrogen and oxygen atoms in total. The van der Waals surface area contributed by atoms with E-state index in [1.54, 1.807) is 0 Å². The summed E-state index contributed by atoms with van der Waals surface area (Å²) in [5.41, 5.74) is 6.40. The fraction of sp³-hybridized carbons (Fsp3) is 0.333. The topological polar surface area (TPSA) is 73.8 Å². The van der Waals surface area contributed by atoms with Gasteiger partial charge in [-0.3, -0.25) is 0 Å². The largest absolute Gasteiger partial charge is 0.376 e. The average Bonchev–Trinajstić information content (AvgIpc) is 3.34. The van der Waals surface area contributed by atoms with Crippen LogP contribution in [0.4, 0.5) is 0 Å². The second-order valence-corrected chi connectivity index (χ2v) is 17.3. The maximum atomic E-state index is 7.37. The Labute approximate surface area is 376 Å². The van der Waals surface area contributed by atoms with E-state index in [1.165, 1.54) is 0 Å². The van der Waals surface area contributed by atoms with Gasteiger partial charge < -0.3 is 37.9 Å². The lowest BCUT2D eigenvalue weighted by atomic mass is 9.97. The highest BCUT2D eigenvalue weighted by atomic mass is 32.2. The van der Waals surface area contributed by atoms with Gasteiger partial charge in [-0.1, -0.05) is 182 Å². The molecular weight excluding hydrogens is 809 g/mol. The molecule has 0 radical (unpaired) electrons. The van der Waals surface area contributed by atoms with Crippen LogP contribution < -0.4 is 0 Å². The third-order valence-corrected chi connectivity index (χ3v) is 12.6. The van der Waals surface area contributed by atoms with E-state index in [2.05, 4.69) is 72.8 Å². The van der Waals surface area contributed by atoms with E-state index in [9.17, 15) is 0 Å². The molecule has 0 saturated carbocycles. The quantitative estimate of drug-likeness (QED) is 0.0663. The fourth-order valence-electron chi connectivity index (χ4n) is 7.99. The number of thioether (sulfide) groups is 1. The second kappa shape index (κ2) is 24.4. The van der Waals surface area contributed by atoms with Crippen molar-refractivity contribution in [3.05, 3.63) is 215 Å². The molecule has 0 bridgehead atoms. The van der Waals surface area contributed by atoms with Crippen molar-refractivity contribution in [3.8, 4) is 0 Å². The molecule has 9 heteroatoms. The Morgan fingerprint density at radius 2 is 0.778 bits per heavy atom. The first-order valence-electron chi connectivity index (χ1n) is 22.0. The van der Waals surface area contributed by atoms with Crippen LogP contribution in [0.5, 0.6) is 0 Å². The third kappa shape index (κ3) is 13.7. The first-order valence-corrected chi connectivity index (χ1v) is 23.1. The summed E-state index contributed by atoms with van der Waals surface area (Å²) in [4.78, 5) is 0. The van der Waals surface area contributed by atoms with E-state index in [0.717, 1.165) is 45.6 Å². The summed E-state index contributed by atoms with van der Waals surface area (Å²) in [6.45, 7) is 3.08. The number of hydrogen-bond donors (Lipinski definition) is 0. The standard InChI is InChI=1S/C54H58O8S/c1-7-19-41(20-8-1)33-55-39-48-51(58-36-44-25-13-4-14-26-44)52(59-37-45-27-15-5-16-28-45)53(60-38-46-29-17-6-18-30-46)54(61-48)62-50-47(57-35-43-23-11-3-12-24-43)31-32-63-49(50)40-56-34-42-21-9-2-10-22-42/h1-30,47-54H,31-40H2/t47?,48-,49+,50+,51-,52+,53-,54-/m1/s1. The van der Waals surface area contributed by atoms with Crippen LogP contribution in [-0.4, -0.2) is 67.1 Å². The van der Waals surface area contributed by atoms with E-state index in [4.69, 9.17) is 37.9 Å². The highest BCUT2D eigenvalue weighted by Crippen LogP contribution is 2.37. The third-order valence-electron chi connectivity index (χ3n) is 11.3. The van der Waals surface area contributed by atoms with Gasteiger partial charge in [-0.2, -0.15) is 11.8 Å². The van der Waals surface area contributed by atoms with Crippen molar-refractivity contribution in [3.63, 3.8) is 0 Å². The Kier molecular flexibility index (Phi) is 17.4. The van der Waals surface area contributed by atoms with Gasteiger partial charge in [-0.15, -0.1) is 0 Å². The molecular formula is C54H58O8S. The summed E-state index contributed by atoms with van der Waals surface area (Å²) >= 11 is 1.85. The Morgan fingerprint density at radius 1 is 0.397 bits per heavy atom. The summed E-state index contributed by atoms with van der Waals surface area (Å²) in [6.07, 6.45) is -3.19. The number of ether oxygens (including phenoxy) is 8. The van der Waals surface area contributed by atoms with Crippen LogP contribution in [-0.2, 0) is 77.5 Å². The van der Waals surface area contributed by atoms with Crippen molar-refractivity contribution >= 4 is 11.8 Å². The highest BCUT2D eigenvalue weighted by Gasteiger charge is 2.51. The lowest BCUT2D eigenvalue weighted by Crippen LogP contribution is -2.63. The van der Waals surface area contributed by atoms with Crippen LogP contribution in [0.3, 0.4) is 0 Å². The van der Waals surface area contributed by atoms with Gasteiger partial charge in [0.2, 0.25) is 0 Å². The van der Waals surface area contributed by atoms with Gasteiger partial charge in [0.1, 0.15) is 30.5 Å². The monoisotopic (exact) mass is 866 g/mol. The van der Waals surface area contributed by atoms with Crippen molar-refractivity contribution in [1.29, 1.82) is 0 Å². The molecule has 328 valence electrons. The minimum atomic E-state index is -0.875. The molecule has 0 amide bonds. The van der Waals surface area contributed by atoms with E-state index in [1.807, 2.05) is 121 Å². The van der Waals surface area contributed by atoms with Gasteiger partial charge in [-0.05, 0) is 45.6 Å². The van der Waals surface area contributed by atoms with Gasteiger partial charge in [0.15, 0.2) is 6.29 Å². The fourth-order valence-corrected chi connectivity index (χ4v) is 9.28. The lowest BCUT2D eigenvalue weighted by Gasteiger charge is -2.48. The summed E-state index contributed by atoms with van der Waals surface area (Å²) in [5.74, 6) is 0.909. The smallest absolute Gasteiger partial charge is 0.187 e. The molecule has 2 aliphatic heterocycles. The summed E-state index contributed by atoms with van der Waals surface area (Å²) in [5, 5.41) is -0.0508. The van der Waals surface area contributed by atoms with Gasteiger partial charge >= 0.3 is 0 Å². The summed E-state index contributed by atoms with van der Waals surface area (Å²) < 4.78 is 55.2. The molecule has 1 unspecified atom stereocenters. The Bertz CT molecular complexity index is 2130. The van der Waals surface area contributed by atoms with Crippen molar-refractivity contribution in [2.24, 2.45) is 0 Å². The summed E-state index contributed by atoms with van der Waals surface area (Å²) in [7, 11) is 0. The lowest BCUT2D eigenvalue weighted by molar-refractivity contribution is -0.342. The maximum Gasteiger partial charge on any atom is 0.187 e. The minimum Gasteiger partial charge on any atom is -0.376 e. The van der Waals surface area contributed by atoms with Crippen LogP contribution in [0.25, 0.3) is 0 Å². The SMILES string of the molecule is c1ccc(COC[C@@H]2SCCC(OCc3ccccc3)[C@@H]2O[C@H]2O[C@H](COCc3ccccc3)[C@@H](OCc3ccccc3)[C@H](OCc3ccccc3)[C@H]2OCc2ccccc2)cc1.